The number of aliphatic carboxylic acids is 2. The summed E-state index contributed by atoms with van der Waals surface area (Å²) in [6.45, 7) is 0. The van der Waals surface area contributed by atoms with Crippen molar-refractivity contribution in [1.29, 1.82) is 0 Å². The smallest absolute Gasteiger partial charge is 0.307 e. The van der Waals surface area contributed by atoms with Crippen molar-refractivity contribution in [3.63, 3.8) is 0 Å². The van der Waals surface area contributed by atoms with Crippen LogP contribution in [-0.4, -0.2) is 28.1 Å². The molecule has 4 nitrogen and oxygen atoms in total. The molecule has 2 N–H and O–H groups in total. The Bertz CT molecular complexity index is 227. The van der Waals surface area contributed by atoms with Crippen LogP contribution in [0.25, 0.3) is 0 Å². The lowest BCUT2D eigenvalue weighted by Crippen LogP contribution is -2.24. The standard InChI is InChI=1S/C7H8F2O4/c8-7(9)1-3(5(10)11)4(2-7)6(12)13/h3-4H,1-2H2,(H,10,11)(H,12,13). The van der Waals surface area contributed by atoms with E-state index in [0.29, 0.717) is 0 Å². The van der Waals surface area contributed by atoms with Crippen LogP contribution in [0.5, 0.6) is 0 Å². The molecule has 0 aliphatic heterocycles. The molecule has 6 heteroatoms. The normalized spacial score (nSPS) is 31.5. The highest BCUT2D eigenvalue weighted by Gasteiger charge is 2.52. The Balaban J connectivity index is 2.83. The molecule has 1 aliphatic carbocycles. The molecule has 0 bridgehead atoms. The van der Waals surface area contributed by atoms with Gasteiger partial charge in [-0.2, -0.15) is 0 Å². The quantitative estimate of drug-likeness (QED) is 0.682. The van der Waals surface area contributed by atoms with Crippen LogP contribution in [0.2, 0.25) is 0 Å². The Morgan fingerprint density at radius 3 is 1.62 bits per heavy atom. The average molecular weight is 194 g/mol. The van der Waals surface area contributed by atoms with Crippen LogP contribution >= 0.6 is 0 Å². The highest BCUT2D eigenvalue weighted by atomic mass is 19.3. The van der Waals surface area contributed by atoms with Gasteiger partial charge in [-0.1, -0.05) is 0 Å². The third-order valence-electron chi connectivity index (χ3n) is 2.16. The molecule has 2 atom stereocenters. The molecule has 0 spiro atoms. The zero-order valence-corrected chi connectivity index (χ0v) is 6.54. The molecule has 0 aromatic carbocycles. The maximum atomic E-state index is 12.6. The van der Waals surface area contributed by atoms with Crippen LogP contribution in [0.1, 0.15) is 12.8 Å². The summed E-state index contributed by atoms with van der Waals surface area (Å²) in [6, 6.07) is 0. The largest absolute Gasteiger partial charge is 0.481 e. The molecule has 0 aromatic rings. The van der Waals surface area contributed by atoms with E-state index in [2.05, 4.69) is 0 Å². The van der Waals surface area contributed by atoms with Crippen molar-refractivity contribution in [3.05, 3.63) is 0 Å². The Labute approximate surface area is 72.2 Å². The zero-order chi connectivity index (χ0) is 10.2. The van der Waals surface area contributed by atoms with Gasteiger partial charge in [-0.3, -0.25) is 9.59 Å². The highest BCUT2D eigenvalue weighted by Crippen LogP contribution is 2.43. The fourth-order valence-electron chi connectivity index (χ4n) is 1.53. The summed E-state index contributed by atoms with van der Waals surface area (Å²) in [5.74, 6) is -9.03. The van der Waals surface area contributed by atoms with Crippen LogP contribution in [0, 0.1) is 11.8 Å². The van der Waals surface area contributed by atoms with E-state index in [1.807, 2.05) is 0 Å². The van der Waals surface area contributed by atoms with Gasteiger partial charge < -0.3 is 10.2 Å². The monoisotopic (exact) mass is 194 g/mol. The van der Waals surface area contributed by atoms with Crippen molar-refractivity contribution in [2.45, 2.75) is 18.8 Å². The predicted octanol–water partition coefficient (Wildman–Crippen LogP) is 0.817. The number of halogens is 2. The number of hydrogen-bond donors (Lipinski definition) is 2. The predicted molar refractivity (Wildman–Crippen MR) is 36.4 cm³/mol. The molecule has 0 heterocycles. The average Bonchev–Trinajstić information content (AvgIpc) is 2.26. The summed E-state index contributed by atoms with van der Waals surface area (Å²) in [5.41, 5.74) is 0. The fraction of sp³-hybridized carbons (Fsp3) is 0.714. The van der Waals surface area contributed by atoms with E-state index in [4.69, 9.17) is 10.2 Å². The Morgan fingerprint density at radius 2 is 1.38 bits per heavy atom. The summed E-state index contributed by atoms with van der Waals surface area (Å²) in [6.07, 6.45) is -1.75. The summed E-state index contributed by atoms with van der Waals surface area (Å²) in [7, 11) is 0. The second kappa shape index (κ2) is 2.93. The molecule has 0 radical (unpaired) electrons. The molecular weight excluding hydrogens is 186 g/mol. The second-order valence-corrected chi connectivity index (χ2v) is 3.15. The molecule has 1 aliphatic rings. The van der Waals surface area contributed by atoms with Gasteiger partial charge >= 0.3 is 11.9 Å². The van der Waals surface area contributed by atoms with E-state index in [9.17, 15) is 18.4 Å². The summed E-state index contributed by atoms with van der Waals surface area (Å²) in [4.78, 5) is 20.8. The lowest BCUT2D eigenvalue weighted by atomic mass is 9.97. The zero-order valence-electron chi connectivity index (χ0n) is 6.54. The van der Waals surface area contributed by atoms with E-state index < -0.39 is 42.5 Å². The molecule has 2 unspecified atom stereocenters. The maximum absolute atomic E-state index is 12.6. The van der Waals surface area contributed by atoms with Crippen molar-refractivity contribution in [2.24, 2.45) is 11.8 Å². The fourth-order valence-corrected chi connectivity index (χ4v) is 1.53. The van der Waals surface area contributed by atoms with Crippen LogP contribution in [0.3, 0.4) is 0 Å². The lowest BCUT2D eigenvalue weighted by Gasteiger charge is -2.07. The van der Waals surface area contributed by atoms with Crippen LogP contribution in [-0.2, 0) is 9.59 Å². The molecule has 13 heavy (non-hydrogen) atoms. The Morgan fingerprint density at radius 1 is 1.08 bits per heavy atom. The first-order chi connectivity index (χ1) is 5.83. The number of carboxylic acid groups (broad SMARTS) is 2. The van der Waals surface area contributed by atoms with Crippen molar-refractivity contribution >= 4 is 11.9 Å². The number of carbonyl (C=O) groups is 2. The first kappa shape index (κ1) is 9.88. The SMILES string of the molecule is O=C(O)C1CC(F)(F)CC1C(=O)O. The molecule has 0 saturated heterocycles. The highest BCUT2D eigenvalue weighted by molar-refractivity contribution is 5.80. The van der Waals surface area contributed by atoms with Gasteiger partial charge in [-0.05, 0) is 0 Å². The lowest BCUT2D eigenvalue weighted by molar-refractivity contribution is -0.152. The molecular formula is C7H8F2O4. The molecule has 0 amide bonds. The van der Waals surface area contributed by atoms with E-state index in [1.165, 1.54) is 0 Å². The summed E-state index contributed by atoms with van der Waals surface area (Å²) >= 11 is 0. The minimum absolute atomic E-state index is 0.876. The number of hydrogen-bond acceptors (Lipinski definition) is 2. The van der Waals surface area contributed by atoms with Gasteiger partial charge in [0.1, 0.15) is 0 Å². The first-order valence-corrected chi connectivity index (χ1v) is 3.67. The van der Waals surface area contributed by atoms with Gasteiger partial charge in [-0.15, -0.1) is 0 Å². The molecule has 1 rings (SSSR count). The molecule has 1 saturated carbocycles. The van der Waals surface area contributed by atoms with Crippen LogP contribution < -0.4 is 0 Å². The third kappa shape index (κ3) is 1.93. The first-order valence-electron chi connectivity index (χ1n) is 3.67. The van der Waals surface area contributed by atoms with Gasteiger partial charge in [0.15, 0.2) is 0 Å². The Hall–Kier alpha value is -1.20. The van der Waals surface area contributed by atoms with E-state index in [1.54, 1.807) is 0 Å². The summed E-state index contributed by atoms with van der Waals surface area (Å²) < 4.78 is 25.3. The van der Waals surface area contributed by atoms with Crippen LogP contribution in [0.4, 0.5) is 8.78 Å². The Kier molecular flexibility index (Phi) is 2.23. The minimum atomic E-state index is -3.16. The van der Waals surface area contributed by atoms with Crippen molar-refractivity contribution in [2.75, 3.05) is 0 Å². The van der Waals surface area contributed by atoms with Crippen molar-refractivity contribution in [1.82, 2.24) is 0 Å². The van der Waals surface area contributed by atoms with Gasteiger partial charge in [0.05, 0.1) is 11.8 Å². The van der Waals surface area contributed by atoms with E-state index >= 15 is 0 Å². The van der Waals surface area contributed by atoms with Gasteiger partial charge in [0, 0.05) is 12.8 Å². The molecule has 0 aromatic heterocycles. The van der Waals surface area contributed by atoms with Crippen LogP contribution in [0.15, 0.2) is 0 Å². The third-order valence-corrected chi connectivity index (χ3v) is 2.16. The van der Waals surface area contributed by atoms with E-state index in [-0.39, 0.29) is 0 Å². The van der Waals surface area contributed by atoms with E-state index in [0.717, 1.165) is 0 Å². The maximum Gasteiger partial charge on any atom is 0.307 e. The topological polar surface area (TPSA) is 74.6 Å². The second-order valence-electron chi connectivity index (χ2n) is 3.15. The van der Waals surface area contributed by atoms with Gasteiger partial charge in [-0.25, -0.2) is 8.78 Å². The number of carboxylic acids is 2. The van der Waals surface area contributed by atoms with Gasteiger partial charge in [0.25, 0.3) is 0 Å². The number of alkyl halides is 2. The summed E-state index contributed by atoms with van der Waals surface area (Å²) in [5, 5.41) is 16.9. The van der Waals surface area contributed by atoms with Crippen molar-refractivity contribution in [3.8, 4) is 0 Å². The number of rotatable bonds is 2. The minimum Gasteiger partial charge on any atom is -0.481 e. The molecule has 1 fully saturated rings. The molecule has 74 valence electrons. The van der Waals surface area contributed by atoms with Crippen molar-refractivity contribution < 1.29 is 28.6 Å². The van der Waals surface area contributed by atoms with Gasteiger partial charge in [0.2, 0.25) is 5.92 Å².